The normalized spacial score (nSPS) is 18.3. The molecule has 2 heterocycles. The van der Waals surface area contributed by atoms with Gasteiger partial charge in [-0.25, -0.2) is 4.39 Å². The van der Waals surface area contributed by atoms with Crippen LogP contribution in [0, 0.1) is 5.82 Å². The number of benzene rings is 3. The van der Waals surface area contributed by atoms with Gasteiger partial charge in [0.1, 0.15) is 11.9 Å². The predicted molar refractivity (Wildman–Crippen MR) is 140 cm³/mol. The molecule has 3 aromatic carbocycles. The molecule has 2 aliphatic heterocycles. The van der Waals surface area contributed by atoms with Crippen LogP contribution >= 0.6 is 0 Å². The average Bonchev–Trinajstić information content (AvgIpc) is 3.02. The smallest absolute Gasteiger partial charge is 0.252 e. The summed E-state index contributed by atoms with van der Waals surface area (Å²) in [4.78, 5) is 33.0. The van der Waals surface area contributed by atoms with E-state index in [-0.39, 0.29) is 24.9 Å². The maximum absolute atomic E-state index is 14.2. The summed E-state index contributed by atoms with van der Waals surface area (Å²) in [6.45, 7) is 4.20. The molecule has 0 radical (unpaired) electrons. The molecule has 2 aliphatic rings. The van der Waals surface area contributed by atoms with Crippen molar-refractivity contribution in [2.45, 2.75) is 12.6 Å². The zero-order valence-corrected chi connectivity index (χ0v) is 20.3. The number of halogens is 1. The number of nitrogens with one attached hydrogen (secondary N) is 2. The van der Waals surface area contributed by atoms with E-state index in [2.05, 4.69) is 27.5 Å². The Morgan fingerprint density at radius 1 is 1.00 bits per heavy atom. The number of carbonyl (C=O) groups excluding carboxylic acids is 2. The predicted octanol–water partition coefficient (Wildman–Crippen LogP) is 3.33. The molecule has 1 fully saturated rings. The summed E-state index contributed by atoms with van der Waals surface area (Å²) < 4.78 is 14.2. The summed E-state index contributed by atoms with van der Waals surface area (Å²) in [5.41, 5.74) is 3.51. The van der Waals surface area contributed by atoms with Gasteiger partial charge >= 0.3 is 0 Å². The van der Waals surface area contributed by atoms with Crippen LogP contribution in [0.15, 0.2) is 72.8 Å². The van der Waals surface area contributed by atoms with Crippen LogP contribution in [-0.2, 0) is 11.3 Å². The third-order valence-corrected chi connectivity index (χ3v) is 6.78. The Morgan fingerprint density at radius 2 is 1.78 bits per heavy atom. The molecule has 0 saturated carbocycles. The van der Waals surface area contributed by atoms with Gasteiger partial charge in [-0.15, -0.1) is 0 Å². The molecular formula is C28H30FN5O2. The molecule has 186 valence electrons. The SMILES string of the molecule is CN1CCN(c2cccc(C(=O)N[C@H]3CNc4ccc(F)cc4N(Cc4ccccc4)C3=O)c2)CC1. The zero-order valence-electron chi connectivity index (χ0n) is 20.3. The minimum Gasteiger partial charge on any atom is -0.381 e. The van der Waals surface area contributed by atoms with Gasteiger partial charge in [0, 0.05) is 44.0 Å². The summed E-state index contributed by atoms with van der Waals surface area (Å²) in [6.07, 6.45) is 0. The minimum atomic E-state index is -0.816. The first-order valence-electron chi connectivity index (χ1n) is 12.2. The fourth-order valence-corrected chi connectivity index (χ4v) is 4.68. The largest absolute Gasteiger partial charge is 0.381 e. The van der Waals surface area contributed by atoms with Crippen molar-refractivity contribution in [2.24, 2.45) is 0 Å². The molecule has 0 aromatic heterocycles. The lowest BCUT2D eigenvalue weighted by Gasteiger charge is -2.34. The minimum absolute atomic E-state index is 0.201. The third kappa shape index (κ3) is 5.18. The first-order valence-corrected chi connectivity index (χ1v) is 12.2. The maximum Gasteiger partial charge on any atom is 0.252 e. The Hall–Kier alpha value is -3.91. The molecule has 2 N–H and O–H groups in total. The lowest BCUT2D eigenvalue weighted by molar-refractivity contribution is -0.120. The van der Waals surface area contributed by atoms with E-state index in [4.69, 9.17) is 0 Å². The molecule has 5 rings (SSSR count). The number of carbonyl (C=O) groups is 2. The van der Waals surface area contributed by atoms with Crippen molar-refractivity contribution in [1.29, 1.82) is 0 Å². The number of rotatable bonds is 5. The average molecular weight is 488 g/mol. The fraction of sp³-hybridized carbons (Fsp3) is 0.286. The molecule has 0 bridgehead atoms. The van der Waals surface area contributed by atoms with E-state index in [0.29, 0.717) is 16.9 Å². The van der Waals surface area contributed by atoms with E-state index in [1.807, 2.05) is 48.5 Å². The van der Waals surface area contributed by atoms with Crippen LogP contribution in [0.3, 0.4) is 0 Å². The Bertz CT molecular complexity index is 1240. The van der Waals surface area contributed by atoms with E-state index in [0.717, 1.165) is 37.4 Å². The number of likely N-dealkylation sites (N-methyl/N-ethyl adjacent to an activating group) is 1. The molecule has 36 heavy (non-hydrogen) atoms. The Kier molecular flexibility index (Phi) is 6.86. The Morgan fingerprint density at radius 3 is 2.56 bits per heavy atom. The highest BCUT2D eigenvalue weighted by atomic mass is 19.1. The van der Waals surface area contributed by atoms with Crippen LogP contribution in [-0.4, -0.2) is 62.5 Å². The van der Waals surface area contributed by atoms with E-state index in [1.165, 1.54) is 12.1 Å². The van der Waals surface area contributed by atoms with Gasteiger partial charge in [-0.3, -0.25) is 9.59 Å². The van der Waals surface area contributed by atoms with Gasteiger partial charge in [0.2, 0.25) is 0 Å². The number of anilines is 3. The molecular weight excluding hydrogens is 457 g/mol. The van der Waals surface area contributed by atoms with Crippen molar-refractivity contribution >= 4 is 28.9 Å². The number of nitrogens with zero attached hydrogens (tertiary/aromatic N) is 3. The first-order chi connectivity index (χ1) is 17.5. The summed E-state index contributed by atoms with van der Waals surface area (Å²) in [6, 6.07) is 20.6. The summed E-state index contributed by atoms with van der Waals surface area (Å²) in [5, 5.41) is 6.13. The van der Waals surface area contributed by atoms with Crippen LogP contribution in [0.2, 0.25) is 0 Å². The maximum atomic E-state index is 14.2. The van der Waals surface area contributed by atoms with Crippen LogP contribution in [0.25, 0.3) is 0 Å². The lowest BCUT2D eigenvalue weighted by Crippen LogP contribution is -2.50. The second-order valence-electron chi connectivity index (χ2n) is 9.32. The molecule has 1 saturated heterocycles. The molecule has 7 nitrogen and oxygen atoms in total. The van der Waals surface area contributed by atoms with E-state index in [1.54, 1.807) is 17.0 Å². The van der Waals surface area contributed by atoms with Gasteiger partial charge in [-0.2, -0.15) is 0 Å². The van der Waals surface area contributed by atoms with Gasteiger partial charge in [0.05, 0.1) is 17.9 Å². The lowest BCUT2D eigenvalue weighted by atomic mass is 10.1. The summed E-state index contributed by atoms with van der Waals surface area (Å²) in [7, 11) is 2.10. The fourth-order valence-electron chi connectivity index (χ4n) is 4.68. The van der Waals surface area contributed by atoms with Gasteiger partial charge in [-0.05, 0) is 49.0 Å². The second kappa shape index (κ2) is 10.4. The van der Waals surface area contributed by atoms with Crippen molar-refractivity contribution in [3.05, 3.63) is 89.7 Å². The molecule has 8 heteroatoms. The monoisotopic (exact) mass is 487 g/mol. The quantitative estimate of drug-likeness (QED) is 0.578. The second-order valence-corrected chi connectivity index (χ2v) is 9.32. The number of hydrogen-bond acceptors (Lipinski definition) is 5. The number of amides is 2. The first kappa shape index (κ1) is 23.8. The molecule has 0 unspecified atom stereocenters. The molecule has 2 amide bonds. The Labute approximate surface area is 210 Å². The van der Waals surface area contributed by atoms with Crippen LogP contribution < -0.4 is 20.4 Å². The van der Waals surface area contributed by atoms with Crippen molar-refractivity contribution in [1.82, 2.24) is 10.2 Å². The van der Waals surface area contributed by atoms with E-state index >= 15 is 0 Å². The van der Waals surface area contributed by atoms with E-state index < -0.39 is 11.9 Å². The van der Waals surface area contributed by atoms with E-state index in [9.17, 15) is 14.0 Å². The number of hydrogen-bond donors (Lipinski definition) is 2. The molecule has 1 atom stereocenters. The number of piperazine rings is 1. The molecule has 3 aromatic rings. The van der Waals surface area contributed by atoms with Gasteiger partial charge < -0.3 is 25.3 Å². The standard InChI is InChI=1S/C28H30FN5O2/c1-32-12-14-33(15-13-32)23-9-5-8-21(16-23)27(35)31-25-18-30-24-11-10-22(29)17-26(24)34(28(25)36)19-20-6-3-2-4-7-20/h2-11,16-17,25,30H,12-15,18-19H2,1H3,(H,31,35)/t25-/m0/s1. The molecule has 0 spiro atoms. The zero-order chi connectivity index (χ0) is 25.1. The number of fused-ring (bicyclic) bond motifs is 1. The summed E-state index contributed by atoms with van der Waals surface area (Å²) >= 11 is 0. The highest BCUT2D eigenvalue weighted by Crippen LogP contribution is 2.31. The topological polar surface area (TPSA) is 67.9 Å². The summed E-state index contributed by atoms with van der Waals surface area (Å²) in [5.74, 6) is -1.04. The van der Waals surface area contributed by atoms with Crippen LogP contribution in [0.5, 0.6) is 0 Å². The van der Waals surface area contributed by atoms with Crippen molar-refractivity contribution < 1.29 is 14.0 Å². The highest BCUT2D eigenvalue weighted by Gasteiger charge is 2.32. The molecule has 0 aliphatic carbocycles. The third-order valence-electron chi connectivity index (χ3n) is 6.78. The van der Waals surface area contributed by atoms with Crippen molar-refractivity contribution in [2.75, 3.05) is 54.9 Å². The van der Waals surface area contributed by atoms with Gasteiger partial charge in [0.15, 0.2) is 0 Å². The highest BCUT2D eigenvalue weighted by molar-refractivity contribution is 6.05. The van der Waals surface area contributed by atoms with Crippen molar-refractivity contribution in [3.63, 3.8) is 0 Å². The van der Waals surface area contributed by atoms with Crippen LogP contribution in [0.4, 0.5) is 21.5 Å². The van der Waals surface area contributed by atoms with Gasteiger partial charge in [-0.1, -0.05) is 36.4 Å². The van der Waals surface area contributed by atoms with Crippen molar-refractivity contribution in [3.8, 4) is 0 Å². The van der Waals surface area contributed by atoms with Crippen LogP contribution in [0.1, 0.15) is 15.9 Å². The van der Waals surface area contributed by atoms with Gasteiger partial charge in [0.25, 0.3) is 11.8 Å². The Balaban J connectivity index is 1.37.